The van der Waals surface area contributed by atoms with Crippen molar-refractivity contribution in [2.45, 2.75) is 31.8 Å². The molecule has 5 heteroatoms. The standard InChI is InChI=1S/C16H19N3OS/c17-11-12-4-6-13(7-5-12)16(20)19-9-2-1-3-14(19)15-18-8-10-21-15/h4-8,10,14H,1-3,9,11,17H2. The number of nitrogens with two attached hydrogens (primary N) is 1. The van der Waals surface area contributed by atoms with Crippen molar-refractivity contribution in [2.75, 3.05) is 6.54 Å². The van der Waals surface area contributed by atoms with Crippen LogP contribution in [0.2, 0.25) is 0 Å². The van der Waals surface area contributed by atoms with Crippen LogP contribution in [0.5, 0.6) is 0 Å². The number of carbonyl (C=O) groups is 1. The van der Waals surface area contributed by atoms with Crippen molar-refractivity contribution in [2.24, 2.45) is 5.73 Å². The van der Waals surface area contributed by atoms with Gasteiger partial charge in [-0.25, -0.2) is 4.98 Å². The number of benzene rings is 1. The summed E-state index contributed by atoms with van der Waals surface area (Å²) < 4.78 is 0. The summed E-state index contributed by atoms with van der Waals surface area (Å²) >= 11 is 1.63. The first-order valence-corrected chi connectivity index (χ1v) is 8.17. The van der Waals surface area contributed by atoms with E-state index in [4.69, 9.17) is 5.73 Å². The summed E-state index contributed by atoms with van der Waals surface area (Å²) in [6, 6.07) is 7.72. The van der Waals surface area contributed by atoms with Crippen LogP contribution in [0.25, 0.3) is 0 Å². The highest BCUT2D eigenvalue weighted by molar-refractivity contribution is 7.09. The Labute approximate surface area is 128 Å². The number of piperidine rings is 1. The Morgan fingerprint density at radius 1 is 1.33 bits per heavy atom. The van der Waals surface area contributed by atoms with Crippen LogP contribution < -0.4 is 5.73 Å². The van der Waals surface area contributed by atoms with Gasteiger partial charge >= 0.3 is 0 Å². The molecule has 0 bridgehead atoms. The monoisotopic (exact) mass is 301 g/mol. The molecule has 1 aliphatic rings. The molecule has 2 N–H and O–H groups in total. The van der Waals surface area contributed by atoms with Gasteiger partial charge < -0.3 is 10.6 Å². The van der Waals surface area contributed by atoms with Crippen LogP contribution in [-0.4, -0.2) is 22.3 Å². The van der Waals surface area contributed by atoms with Gasteiger partial charge in [-0.2, -0.15) is 0 Å². The van der Waals surface area contributed by atoms with Crippen molar-refractivity contribution in [3.8, 4) is 0 Å². The first-order chi connectivity index (χ1) is 10.3. The lowest BCUT2D eigenvalue weighted by molar-refractivity contribution is 0.0611. The second-order valence-corrected chi connectivity index (χ2v) is 6.21. The molecule has 4 nitrogen and oxygen atoms in total. The minimum atomic E-state index is 0.0958. The fraction of sp³-hybridized carbons (Fsp3) is 0.375. The van der Waals surface area contributed by atoms with E-state index in [0.29, 0.717) is 6.54 Å². The summed E-state index contributed by atoms with van der Waals surface area (Å²) in [5.74, 6) is 0.0958. The highest BCUT2D eigenvalue weighted by Gasteiger charge is 2.30. The van der Waals surface area contributed by atoms with Gasteiger partial charge in [0.2, 0.25) is 0 Å². The molecule has 1 unspecified atom stereocenters. The van der Waals surface area contributed by atoms with Crippen LogP contribution in [0.15, 0.2) is 35.8 Å². The van der Waals surface area contributed by atoms with E-state index in [-0.39, 0.29) is 11.9 Å². The SMILES string of the molecule is NCc1ccc(C(=O)N2CCCCC2c2nccs2)cc1. The second kappa shape index (κ2) is 6.37. The van der Waals surface area contributed by atoms with Crippen molar-refractivity contribution in [1.29, 1.82) is 0 Å². The van der Waals surface area contributed by atoms with Gasteiger partial charge in [-0.3, -0.25) is 4.79 Å². The quantitative estimate of drug-likeness (QED) is 0.948. The number of rotatable bonds is 3. The predicted octanol–water partition coefficient (Wildman–Crippen LogP) is 2.97. The van der Waals surface area contributed by atoms with Gasteiger partial charge in [0.1, 0.15) is 5.01 Å². The number of hydrogen-bond donors (Lipinski definition) is 1. The molecule has 2 heterocycles. The zero-order valence-electron chi connectivity index (χ0n) is 11.9. The lowest BCUT2D eigenvalue weighted by Gasteiger charge is -2.34. The highest BCUT2D eigenvalue weighted by atomic mass is 32.1. The predicted molar refractivity (Wildman–Crippen MR) is 84.1 cm³/mol. The molecule has 0 aliphatic carbocycles. The van der Waals surface area contributed by atoms with E-state index < -0.39 is 0 Å². The van der Waals surface area contributed by atoms with Gasteiger partial charge in [-0.15, -0.1) is 11.3 Å². The molecule has 1 atom stereocenters. The molecular formula is C16H19N3OS. The normalized spacial score (nSPS) is 18.7. The largest absolute Gasteiger partial charge is 0.329 e. The number of likely N-dealkylation sites (tertiary alicyclic amines) is 1. The Balaban J connectivity index is 1.83. The number of carbonyl (C=O) groups excluding carboxylic acids is 1. The third kappa shape index (κ3) is 2.99. The van der Waals surface area contributed by atoms with Gasteiger partial charge in [-0.05, 0) is 37.0 Å². The maximum Gasteiger partial charge on any atom is 0.254 e. The van der Waals surface area contributed by atoms with E-state index >= 15 is 0 Å². The van der Waals surface area contributed by atoms with Crippen molar-refractivity contribution in [3.05, 3.63) is 52.0 Å². The summed E-state index contributed by atoms with van der Waals surface area (Å²) in [6.07, 6.45) is 5.03. The van der Waals surface area contributed by atoms with E-state index in [9.17, 15) is 4.79 Å². The molecule has 2 aromatic rings. The molecule has 1 aliphatic heterocycles. The third-order valence-electron chi connectivity index (χ3n) is 3.94. The van der Waals surface area contributed by atoms with Crippen LogP contribution in [0.1, 0.15) is 46.2 Å². The van der Waals surface area contributed by atoms with Crippen LogP contribution in [0, 0.1) is 0 Å². The Bertz CT molecular complexity index is 594. The molecule has 3 rings (SSSR count). The lowest BCUT2D eigenvalue weighted by atomic mass is 10.0. The molecule has 110 valence electrons. The summed E-state index contributed by atoms with van der Waals surface area (Å²) in [7, 11) is 0. The molecule has 1 saturated heterocycles. The Morgan fingerprint density at radius 2 is 2.14 bits per heavy atom. The molecule has 1 fully saturated rings. The minimum absolute atomic E-state index is 0.0958. The van der Waals surface area contributed by atoms with E-state index in [0.717, 1.165) is 41.9 Å². The molecule has 1 amide bonds. The lowest BCUT2D eigenvalue weighted by Crippen LogP contribution is -2.38. The van der Waals surface area contributed by atoms with Gasteiger partial charge in [0.05, 0.1) is 6.04 Å². The van der Waals surface area contributed by atoms with Crippen LogP contribution >= 0.6 is 11.3 Å². The molecule has 0 saturated carbocycles. The first kappa shape index (κ1) is 14.2. The number of amides is 1. The van der Waals surface area contributed by atoms with E-state index in [1.807, 2.05) is 40.7 Å². The van der Waals surface area contributed by atoms with E-state index in [1.165, 1.54) is 0 Å². The van der Waals surface area contributed by atoms with Crippen LogP contribution in [0.4, 0.5) is 0 Å². The Kier molecular flexibility index (Phi) is 4.31. The average Bonchev–Trinajstić information content (AvgIpc) is 3.08. The van der Waals surface area contributed by atoms with Crippen molar-refractivity contribution >= 4 is 17.2 Å². The molecule has 1 aromatic carbocycles. The third-order valence-corrected chi connectivity index (χ3v) is 4.81. The highest BCUT2D eigenvalue weighted by Crippen LogP contribution is 2.33. The van der Waals surface area contributed by atoms with Gasteiger partial charge in [-0.1, -0.05) is 12.1 Å². The summed E-state index contributed by atoms with van der Waals surface area (Å²) in [4.78, 5) is 19.2. The summed E-state index contributed by atoms with van der Waals surface area (Å²) in [5, 5.41) is 3.02. The Morgan fingerprint density at radius 3 is 2.81 bits per heavy atom. The molecule has 0 spiro atoms. The van der Waals surface area contributed by atoms with Gasteiger partial charge in [0.25, 0.3) is 5.91 Å². The van der Waals surface area contributed by atoms with E-state index in [1.54, 1.807) is 11.3 Å². The number of nitrogens with zero attached hydrogens (tertiary/aromatic N) is 2. The second-order valence-electron chi connectivity index (χ2n) is 5.28. The Hall–Kier alpha value is -1.72. The summed E-state index contributed by atoms with van der Waals surface area (Å²) in [6.45, 7) is 1.31. The number of hydrogen-bond acceptors (Lipinski definition) is 4. The van der Waals surface area contributed by atoms with Crippen LogP contribution in [-0.2, 0) is 6.54 Å². The fourth-order valence-electron chi connectivity index (χ4n) is 2.78. The summed E-state index contributed by atoms with van der Waals surface area (Å²) in [5.41, 5.74) is 7.38. The van der Waals surface area contributed by atoms with Crippen molar-refractivity contribution in [1.82, 2.24) is 9.88 Å². The minimum Gasteiger partial charge on any atom is -0.329 e. The van der Waals surface area contributed by atoms with Crippen LogP contribution in [0.3, 0.4) is 0 Å². The smallest absolute Gasteiger partial charge is 0.254 e. The topological polar surface area (TPSA) is 59.2 Å². The van der Waals surface area contributed by atoms with E-state index in [2.05, 4.69) is 4.98 Å². The zero-order valence-corrected chi connectivity index (χ0v) is 12.7. The number of thiazole rings is 1. The van der Waals surface area contributed by atoms with Gasteiger partial charge in [0, 0.05) is 30.2 Å². The average molecular weight is 301 g/mol. The zero-order chi connectivity index (χ0) is 14.7. The number of aromatic nitrogens is 1. The molecule has 0 radical (unpaired) electrons. The first-order valence-electron chi connectivity index (χ1n) is 7.29. The van der Waals surface area contributed by atoms with Crippen molar-refractivity contribution < 1.29 is 4.79 Å². The maximum atomic E-state index is 12.8. The van der Waals surface area contributed by atoms with Crippen molar-refractivity contribution in [3.63, 3.8) is 0 Å². The fourth-order valence-corrected chi connectivity index (χ4v) is 3.56. The molecular weight excluding hydrogens is 282 g/mol. The molecule has 21 heavy (non-hydrogen) atoms. The maximum absolute atomic E-state index is 12.8. The van der Waals surface area contributed by atoms with Gasteiger partial charge in [0.15, 0.2) is 0 Å². The molecule has 1 aromatic heterocycles.